The molecule has 0 bridgehead atoms. The molecule has 0 radical (unpaired) electrons. The molecule has 64 valence electrons. The Balaban J connectivity index is 2.41. The number of hydrogen-bond donors (Lipinski definition) is 1. The molecule has 1 heterocycles. The van der Waals surface area contributed by atoms with E-state index >= 15 is 0 Å². The average molecular weight is 256 g/mol. The Hall–Kier alpha value is 0.690. The molecule has 0 aromatic heterocycles. The normalized spacial score (nSPS) is 36.5. The predicted molar refractivity (Wildman–Crippen MR) is 43.1 cm³/mol. The van der Waals surface area contributed by atoms with Crippen LogP contribution in [0.5, 0.6) is 0 Å². The second-order valence-corrected chi connectivity index (χ2v) is 13.6. The summed E-state index contributed by atoms with van der Waals surface area (Å²) in [5, 5.41) is 0. The Morgan fingerprint density at radius 3 is 2.70 bits per heavy atom. The van der Waals surface area contributed by atoms with Gasteiger partial charge >= 0.3 is 68.8 Å². The van der Waals surface area contributed by atoms with E-state index in [1.807, 2.05) is 0 Å². The molecule has 1 saturated heterocycles. The maximum atomic E-state index is 3.73. The van der Waals surface area contributed by atoms with Crippen LogP contribution in [0.1, 0.15) is 19.8 Å². The van der Waals surface area contributed by atoms with Crippen LogP contribution in [0, 0.1) is 5.92 Å². The Morgan fingerprint density at radius 2 is 2.00 bits per heavy atom. The van der Waals surface area contributed by atoms with Gasteiger partial charge in [0.05, 0.1) is 0 Å². The first-order valence-corrected chi connectivity index (χ1v) is 10.9. The molecular formula is C8H19IN-. The van der Waals surface area contributed by atoms with E-state index < -0.39 is 18.7 Å². The molecule has 1 unspecified atom stereocenters. The van der Waals surface area contributed by atoms with Crippen LogP contribution in [0.4, 0.5) is 0 Å². The third kappa shape index (κ3) is 2.74. The minimum absolute atomic E-state index is 0.970. The van der Waals surface area contributed by atoms with Crippen LogP contribution in [0.2, 0.25) is 0 Å². The van der Waals surface area contributed by atoms with Gasteiger partial charge in [-0.2, -0.15) is 0 Å². The van der Waals surface area contributed by atoms with Gasteiger partial charge in [-0.15, -0.1) is 0 Å². The van der Waals surface area contributed by atoms with Crippen molar-refractivity contribution in [2.24, 2.45) is 5.92 Å². The fraction of sp³-hybridized carbons (Fsp3) is 1.00. The molecule has 1 aliphatic rings. The van der Waals surface area contributed by atoms with Gasteiger partial charge in [0.25, 0.3) is 0 Å². The quantitative estimate of drug-likeness (QED) is 0.311. The van der Waals surface area contributed by atoms with E-state index in [4.69, 9.17) is 0 Å². The molecule has 0 aromatic carbocycles. The second kappa shape index (κ2) is 3.39. The van der Waals surface area contributed by atoms with Gasteiger partial charge in [0, 0.05) is 0 Å². The SMILES string of the molecule is CC1CCN[I-](C)(C)CC1. The van der Waals surface area contributed by atoms with Crippen LogP contribution >= 0.6 is 0 Å². The van der Waals surface area contributed by atoms with Gasteiger partial charge < -0.3 is 0 Å². The summed E-state index contributed by atoms with van der Waals surface area (Å²) in [6, 6.07) is 0. The molecule has 2 heteroatoms. The van der Waals surface area contributed by atoms with Crippen molar-refractivity contribution in [2.45, 2.75) is 19.8 Å². The van der Waals surface area contributed by atoms with Crippen molar-refractivity contribution in [1.29, 1.82) is 0 Å². The first-order valence-electron chi connectivity index (χ1n) is 3.96. The van der Waals surface area contributed by atoms with Gasteiger partial charge in [-0.05, 0) is 0 Å². The topological polar surface area (TPSA) is 12.0 Å². The number of nitrogens with one attached hydrogen (secondary N) is 1. The molecule has 0 aromatic rings. The van der Waals surface area contributed by atoms with Crippen LogP contribution < -0.4 is 22.2 Å². The number of alkyl halides is 3. The number of hydrogen-bond acceptors (Lipinski definition) is 1. The average Bonchev–Trinajstić information content (AvgIpc) is 1.94. The summed E-state index contributed by atoms with van der Waals surface area (Å²) in [6.45, 7) is 3.66. The van der Waals surface area contributed by atoms with Gasteiger partial charge in [-0.1, -0.05) is 0 Å². The molecule has 1 aliphatic heterocycles. The van der Waals surface area contributed by atoms with Crippen LogP contribution in [-0.2, 0) is 0 Å². The molecule has 10 heavy (non-hydrogen) atoms. The zero-order valence-corrected chi connectivity index (χ0v) is 9.44. The van der Waals surface area contributed by atoms with E-state index in [-0.39, 0.29) is 0 Å². The van der Waals surface area contributed by atoms with Crippen molar-refractivity contribution < 1.29 is 18.7 Å². The number of halogens is 1. The zero-order chi connectivity index (χ0) is 7.61. The van der Waals surface area contributed by atoms with Gasteiger partial charge in [-0.3, -0.25) is 0 Å². The summed E-state index contributed by atoms with van der Waals surface area (Å²) in [5.74, 6) is 0.970. The molecular weight excluding hydrogens is 237 g/mol. The summed E-state index contributed by atoms with van der Waals surface area (Å²) >= 11 is -1.33. The Morgan fingerprint density at radius 1 is 1.30 bits per heavy atom. The standard InChI is InChI=1S/C8H19IN/c1-8-4-6-9(2,3)10-7-5-8/h8,10H,4-7H2,1-3H3/q-1. The fourth-order valence-electron chi connectivity index (χ4n) is 1.23. The van der Waals surface area contributed by atoms with Gasteiger partial charge in [0.2, 0.25) is 0 Å². The van der Waals surface area contributed by atoms with E-state index in [0.717, 1.165) is 5.92 Å². The molecule has 0 saturated carbocycles. The van der Waals surface area contributed by atoms with Gasteiger partial charge in [0.1, 0.15) is 0 Å². The molecule has 0 spiro atoms. The molecule has 1 fully saturated rings. The minimum atomic E-state index is -1.33. The monoisotopic (exact) mass is 256 g/mol. The first kappa shape index (κ1) is 8.78. The molecule has 1 nitrogen and oxygen atoms in total. The predicted octanol–water partition coefficient (Wildman–Crippen LogP) is -1.66. The fourth-order valence-corrected chi connectivity index (χ4v) is 6.00. The molecule has 0 amide bonds. The summed E-state index contributed by atoms with van der Waals surface area (Å²) in [5.41, 5.74) is 0. The Labute approximate surface area is 68.8 Å². The van der Waals surface area contributed by atoms with E-state index in [1.165, 1.54) is 23.8 Å². The van der Waals surface area contributed by atoms with Crippen molar-refractivity contribution in [3.05, 3.63) is 0 Å². The van der Waals surface area contributed by atoms with Crippen molar-refractivity contribution in [2.75, 3.05) is 20.8 Å². The Kier molecular flexibility index (Phi) is 2.98. The van der Waals surface area contributed by atoms with E-state index in [0.29, 0.717) is 0 Å². The summed E-state index contributed by atoms with van der Waals surface area (Å²) in [6.07, 6.45) is 2.86. The molecule has 1 rings (SSSR count). The van der Waals surface area contributed by atoms with Crippen LogP contribution in [0.3, 0.4) is 0 Å². The van der Waals surface area contributed by atoms with Gasteiger partial charge in [-0.25, -0.2) is 0 Å². The van der Waals surface area contributed by atoms with Gasteiger partial charge in [0.15, 0.2) is 0 Å². The molecule has 1 N–H and O–H groups in total. The summed E-state index contributed by atoms with van der Waals surface area (Å²) < 4.78 is 5.24. The summed E-state index contributed by atoms with van der Waals surface area (Å²) in [4.78, 5) is 4.95. The maximum absolute atomic E-state index is 3.73. The van der Waals surface area contributed by atoms with E-state index in [1.54, 1.807) is 0 Å². The van der Waals surface area contributed by atoms with Crippen LogP contribution in [0.25, 0.3) is 0 Å². The Bertz CT molecular complexity index is 112. The molecule has 0 aliphatic carbocycles. The van der Waals surface area contributed by atoms with Crippen molar-refractivity contribution >= 4 is 0 Å². The van der Waals surface area contributed by atoms with Crippen LogP contribution in [-0.4, -0.2) is 20.8 Å². The summed E-state index contributed by atoms with van der Waals surface area (Å²) in [7, 11) is 0. The second-order valence-electron chi connectivity index (χ2n) is 3.68. The van der Waals surface area contributed by atoms with E-state index in [2.05, 4.69) is 20.3 Å². The zero-order valence-electron chi connectivity index (χ0n) is 7.28. The van der Waals surface area contributed by atoms with Crippen molar-refractivity contribution in [1.82, 2.24) is 3.53 Å². The first-order chi connectivity index (χ1) is 4.60. The van der Waals surface area contributed by atoms with Crippen molar-refractivity contribution in [3.8, 4) is 0 Å². The van der Waals surface area contributed by atoms with Crippen LogP contribution in [0.15, 0.2) is 0 Å². The van der Waals surface area contributed by atoms with Crippen molar-refractivity contribution in [3.63, 3.8) is 0 Å². The van der Waals surface area contributed by atoms with E-state index in [9.17, 15) is 0 Å². The molecule has 1 atom stereocenters. The third-order valence-electron chi connectivity index (χ3n) is 2.17. The third-order valence-corrected chi connectivity index (χ3v) is 8.09. The number of rotatable bonds is 0.